The Bertz CT molecular complexity index is 333. The number of fused-ring (bicyclic) bond motifs is 1. The number of aryl methyl sites for hydroxylation is 1. The van der Waals surface area contributed by atoms with Crippen LogP contribution in [0.15, 0.2) is 0 Å². The molecular weight excluding hydrogens is 216 g/mol. The molecule has 1 aromatic heterocycles. The second-order valence-corrected chi connectivity index (χ2v) is 5.82. The average molecular weight is 238 g/mol. The molecule has 2 rings (SSSR count). The zero-order valence-corrected chi connectivity index (χ0v) is 11.2. The molecule has 3 heteroatoms. The first kappa shape index (κ1) is 12.1. The van der Waals surface area contributed by atoms with Crippen molar-refractivity contribution >= 4 is 11.3 Å². The van der Waals surface area contributed by atoms with E-state index in [1.54, 1.807) is 4.88 Å². The summed E-state index contributed by atoms with van der Waals surface area (Å²) in [5.41, 5.74) is 1.39. The summed E-state index contributed by atoms with van der Waals surface area (Å²) in [5, 5.41) is 4.64. The highest BCUT2D eigenvalue weighted by atomic mass is 32.1. The summed E-state index contributed by atoms with van der Waals surface area (Å²) >= 11 is 1.93. The molecule has 90 valence electrons. The summed E-state index contributed by atoms with van der Waals surface area (Å²) in [6, 6.07) is 0. The fraction of sp³-hybridized carbons (Fsp3) is 0.769. The van der Waals surface area contributed by atoms with E-state index in [4.69, 9.17) is 4.98 Å². The molecule has 1 aliphatic carbocycles. The maximum absolute atomic E-state index is 4.74. The lowest BCUT2D eigenvalue weighted by molar-refractivity contribution is 0.423. The van der Waals surface area contributed by atoms with Gasteiger partial charge in [-0.05, 0) is 31.7 Å². The summed E-state index contributed by atoms with van der Waals surface area (Å²) in [6.45, 7) is 6.42. The molecular formula is C13H22N2S. The molecule has 0 amide bonds. The van der Waals surface area contributed by atoms with E-state index in [-0.39, 0.29) is 0 Å². The van der Waals surface area contributed by atoms with E-state index in [9.17, 15) is 0 Å². The van der Waals surface area contributed by atoms with Crippen LogP contribution in [0.4, 0.5) is 0 Å². The molecule has 0 aromatic carbocycles. The predicted octanol–water partition coefficient (Wildman–Crippen LogP) is 3.16. The molecule has 0 aliphatic heterocycles. The number of nitrogens with zero attached hydrogens (tertiary/aromatic N) is 1. The van der Waals surface area contributed by atoms with Crippen LogP contribution in [0.25, 0.3) is 0 Å². The molecule has 0 spiro atoms. The van der Waals surface area contributed by atoms with Crippen molar-refractivity contribution in [1.82, 2.24) is 10.3 Å². The first-order valence-electron chi connectivity index (χ1n) is 6.51. The lowest BCUT2D eigenvalue weighted by atomic mass is 9.88. The first-order chi connectivity index (χ1) is 7.83. The fourth-order valence-electron chi connectivity index (χ4n) is 2.46. The molecule has 16 heavy (non-hydrogen) atoms. The quantitative estimate of drug-likeness (QED) is 0.852. The Labute approximate surface area is 102 Å². The summed E-state index contributed by atoms with van der Waals surface area (Å²) in [5.74, 6) is 0.921. The molecule has 0 bridgehead atoms. The Hall–Kier alpha value is -0.410. The van der Waals surface area contributed by atoms with Gasteiger partial charge in [-0.15, -0.1) is 11.3 Å². The number of aromatic nitrogens is 1. The predicted molar refractivity (Wildman–Crippen MR) is 69.9 cm³/mol. The minimum Gasteiger partial charge on any atom is -0.311 e. The average Bonchev–Trinajstić information content (AvgIpc) is 2.68. The van der Waals surface area contributed by atoms with E-state index in [1.165, 1.54) is 42.8 Å². The zero-order valence-electron chi connectivity index (χ0n) is 10.4. The van der Waals surface area contributed by atoms with E-state index in [1.807, 2.05) is 11.3 Å². The van der Waals surface area contributed by atoms with Gasteiger partial charge in [0.1, 0.15) is 5.01 Å². The highest BCUT2D eigenvalue weighted by Crippen LogP contribution is 2.31. The summed E-state index contributed by atoms with van der Waals surface area (Å²) < 4.78 is 0. The van der Waals surface area contributed by atoms with Gasteiger partial charge in [0.05, 0.1) is 5.69 Å². The molecule has 0 radical (unpaired) electrons. The van der Waals surface area contributed by atoms with E-state index >= 15 is 0 Å². The molecule has 1 heterocycles. The van der Waals surface area contributed by atoms with E-state index in [0.29, 0.717) is 0 Å². The van der Waals surface area contributed by atoms with Crippen molar-refractivity contribution in [2.24, 2.45) is 5.92 Å². The molecule has 0 fully saturated rings. The number of thiazole rings is 1. The van der Waals surface area contributed by atoms with Crippen LogP contribution in [0, 0.1) is 5.92 Å². The van der Waals surface area contributed by atoms with Gasteiger partial charge in [0.2, 0.25) is 0 Å². The first-order valence-corrected chi connectivity index (χ1v) is 7.33. The summed E-state index contributed by atoms with van der Waals surface area (Å²) in [4.78, 5) is 6.31. The molecule has 1 N–H and O–H groups in total. The molecule has 0 saturated heterocycles. The maximum Gasteiger partial charge on any atom is 0.107 e. The standard InChI is InChI=1S/C13H22N2S/c1-3-5-10-6-7-11-12(8-10)16-13(15-11)9-14-4-2/h10,14H,3-9H2,1-2H3. The van der Waals surface area contributed by atoms with Gasteiger partial charge in [-0.25, -0.2) is 4.98 Å². The molecule has 0 saturated carbocycles. The topological polar surface area (TPSA) is 24.9 Å². The van der Waals surface area contributed by atoms with Gasteiger partial charge in [-0.3, -0.25) is 0 Å². The van der Waals surface area contributed by atoms with Gasteiger partial charge in [-0.2, -0.15) is 0 Å². The Kier molecular flexibility index (Phi) is 4.36. The van der Waals surface area contributed by atoms with E-state index in [0.717, 1.165) is 19.0 Å². The monoisotopic (exact) mass is 238 g/mol. The number of hydrogen-bond donors (Lipinski definition) is 1. The number of rotatable bonds is 5. The minimum absolute atomic E-state index is 0.921. The fourth-order valence-corrected chi connectivity index (χ4v) is 3.66. The second kappa shape index (κ2) is 5.78. The van der Waals surface area contributed by atoms with Crippen molar-refractivity contribution in [3.05, 3.63) is 15.6 Å². The van der Waals surface area contributed by atoms with Crippen LogP contribution in [0.5, 0.6) is 0 Å². The van der Waals surface area contributed by atoms with Gasteiger partial charge >= 0.3 is 0 Å². The SMILES string of the molecule is CCCC1CCc2nc(CNCC)sc2C1. The largest absolute Gasteiger partial charge is 0.311 e. The van der Waals surface area contributed by atoms with Crippen LogP contribution in [-0.4, -0.2) is 11.5 Å². The van der Waals surface area contributed by atoms with Gasteiger partial charge < -0.3 is 5.32 Å². The Balaban J connectivity index is 1.99. The maximum atomic E-state index is 4.74. The minimum atomic E-state index is 0.921. The van der Waals surface area contributed by atoms with Crippen molar-refractivity contribution in [2.75, 3.05) is 6.54 Å². The highest BCUT2D eigenvalue weighted by molar-refractivity contribution is 7.11. The normalized spacial score (nSPS) is 19.8. The van der Waals surface area contributed by atoms with Crippen LogP contribution < -0.4 is 5.32 Å². The second-order valence-electron chi connectivity index (χ2n) is 4.66. The number of hydrogen-bond acceptors (Lipinski definition) is 3. The third kappa shape index (κ3) is 2.83. The van der Waals surface area contributed by atoms with Gasteiger partial charge in [0.15, 0.2) is 0 Å². The van der Waals surface area contributed by atoms with Crippen LogP contribution in [0.3, 0.4) is 0 Å². The van der Waals surface area contributed by atoms with Gasteiger partial charge in [0.25, 0.3) is 0 Å². The van der Waals surface area contributed by atoms with Gasteiger partial charge in [-0.1, -0.05) is 26.7 Å². The molecule has 1 aromatic rings. The lowest BCUT2D eigenvalue weighted by Crippen LogP contribution is -2.13. The van der Waals surface area contributed by atoms with Crippen LogP contribution in [-0.2, 0) is 19.4 Å². The van der Waals surface area contributed by atoms with Crippen molar-refractivity contribution in [3.8, 4) is 0 Å². The number of nitrogens with one attached hydrogen (secondary N) is 1. The lowest BCUT2D eigenvalue weighted by Gasteiger charge is -2.20. The van der Waals surface area contributed by atoms with Crippen LogP contribution in [0.2, 0.25) is 0 Å². The highest BCUT2D eigenvalue weighted by Gasteiger charge is 2.21. The van der Waals surface area contributed by atoms with Crippen molar-refractivity contribution in [2.45, 2.75) is 52.5 Å². The van der Waals surface area contributed by atoms with Crippen molar-refractivity contribution < 1.29 is 0 Å². The van der Waals surface area contributed by atoms with E-state index < -0.39 is 0 Å². The van der Waals surface area contributed by atoms with Crippen molar-refractivity contribution in [3.63, 3.8) is 0 Å². The molecule has 2 nitrogen and oxygen atoms in total. The van der Waals surface area contributed by atoms with Gasteiger partial charge in [0, 0.05) is 11.4 Å². The Morgan fingerprint density at radius 2 is 2.31 bits per heavy atom. The molecule has 1 atom stereocenters. The molecule has 1 aliphatic rings. The zero-order chi connectivity index (χ0) is 11.4. The third-order valence-corrected chi connectivity index (χ3v) is 4.43. The van der Waals surface area contributed by atoms with Crippen LogP contribution in [0.1, 0.15) is 48.7 Å². The smallest absolute Gasteiger partial charge is 0.107 e. The van der Waals surface area contributed by atoms with Crippen LogP contribution >= 0.6 is 11.3 Å². The van der Waals surface area contributed by atoms with Crippen molar-refractivity contribution in [1.29, 1.82) is 0 Å². The Morgan fingerprint density at radius 3 is 3.06 bits per heavy atom. The summed E-state index contributed by atoms with van der Waals surface area (Å²) in [6.07, 6.45) is 6.56. The molecule has 1 unspecified atom stereocenters. The summed E-state index contributed by atoms with van der Waals surface area (Å²) in [7, 11) is 0. The third-order valence-electron chi connectivity index (χ3n) is 3.31. The Morgan fingerprint density at radius 1 is 1.44 bits per heavy atom. The van der Waals surface area contributed by atoms with E-state index in [2.05, 4.69) is 19.2 Å².